The van der Waals surface area contributed by atoms with Crippen molar-refractivity contribution in [3.63, 3.8) is 0 Å². The largest absolute Gasteiger partial charge is 0.493 e. The zero-order valence-electron chi connectivity index (χ0n) is 11.8. The summed E-state index contributed by atoms with van der Waals surface area (Å²) >= 11 is 0. The van der Waals surface area contributed by atoms with E-state index in [1.54, 1.807) is 30.7 Å². The second kappa shape index (κ2) is 7.03. The van der Waals surface area contributed by atoms with E-state index >= 15 is 0 Å². The molecule has 0 amide bonds. The van der Waals surface area contributed by atoms with Crippen LogP contribution in [-0.2, 0) is 20.1 Å². The zero-order chi connectivity index (χ0) is 15.2. The van der Waals surface area contributed by atoms with E-state index in [1.807, 2.05) is 11.6 Å². The number of methoxy groups -OCH3 is 1. The van der Waals surface area contributed by atoms with Gasteiger partial charge in [-0.25, -0.2) is 4.98 Å². The molecule has 7 heteroatoms. The molecule has 0 fully saturated rings. The van der Waals surface area contributed by atoms with Crippen molar-refractivity contribution < 1.29 is 18.3 Å². The third-order valence-electron chi connectivity index (χ3n) is 3.00. The van der Waals surface area contributed by atoms with E-state index in [-0.39, 0.29) is 11.5 Å². The molecular weight excluding hydrogens is 280 g/mol. The van der Waals surface area contributed by atoms with Crippen molar-refractivity contribution in [1.29, 1.82) is 0 Å². The molecule has 0 aliphatic carbocycles. The van der Waals surface area contributed by atoms with E-state index in [0.717, 1.165) is 11.3 Å². The predicted octanol–water partition coefficient (Wildman–Crippen LogP) is 2.32. The number of rotatable bonds is 7. The van der Waals surface area contributed by atoms with Crippen LogP contribution in [0.4, 0.5) is 8.78 Å². The predicted molar refractivity (Wildman–Crippen MR) is 73.4 cm³/mol. The Morgan fingerprint density at radius 3 is 2.71 bits per heavy atom. The number of hydrogen-bond acceptors (Lipinski definition) is 4. The fourth-order valence-electron chi connectivity index (χ4n) is 1.91. The molecule has 0 saturated heterocycles. The van der Waals surface area contributed by atoms with Gasteiger partial charge in [0.25, 0.3) is 0 Å². The van der Waals surface area contributed by atoms with Crippen LogP contribution in [0.5, 0.6) is 11.5 Å². The molecule has 0 atom stereocenters. The monoisotopic (exact) mass is 297 g/mol. The van der Waals surface area contributed by atoms with Gasteiger partial charge in [-0.3, -0.25) is 0 Å². The molecule has 2 rings (SSSR count). The van der Waals surface area contributed by atoms with Gasteiger partial charge < -0.3 is 19.4 Å². The van der Waals surface area contributed by atoms with Crippen LogP contribution in [0.1, 0.15) is 11.3 Å². The first-order valence-electron chi connectivity index (χ1n) is 6.37. The first-order valence-corrected chi connectivity index (χ1v) is 6.37. The van der Waals surface area contributed by atoms with Gasteiger partial charge in [-0.2, -0.15) is 8.78 Å². The molecule has 1 aromatic carbocycles. The lowest BCUT2D eigenvalue weighted by molar-refractivity contribution is -0.0512. The Hall–Kier alpha value is -2.15. The van der Waals surface area contributed by atoms with Gasteiger partial charge in [-0.15, -0.1) is 0 Å². The van der Waals surface area contributed by atoms with Gasteiger partial charge in [0, 0.05) is 26.3 Å². The summed E-state index contributed by atoms with van der Waals surface area (Å²) in [5, 5.41) is 3.22. The molecule has 114 valence electrons. The zero-order valence-corrected chi connectivity index (χ0v) is 11.8. The molecule has 1 heterocycles. The summed E-state index contributed by atoms with van der Waals surface area (Å²) < 4.78 is 36.0. The van der Waals surface area contributed by atoms with E-state index in [9.17, 15) is 8.78 Å². The Balaban J connectivity index is 1.98. The molecule has 1 aromatic heterocycles. The number of aromatic nitrogens is 2. The van der Waals surface area contributed by atoms with Crippen molar-refractivity contribution in [2.75, 3.05) is 7.11 Å². The molecular formula is C14H17F2N3O2. The van der Waals surface area contributed by atoms with Crippen LogP contribution >= 0.6 is 0 Å². The molecule has 0 unspecified atom stereocenters. The number of alkyl halides is 2. The average molecular weight is 297 g/mol. The highest BCUT2D eigenvalue weighted by Crippen LogP contribution is 2.29. The molecule has 5 nitrogen and oxygen atoms in total. The Morgan fingerprint density at radius 2 is 2.10 bits per heavy atom. The van der Waals surface area contributed by atoms with E-state index in [1.165, 1.54) is 7.11 Å². The molecule has 0 saturated carbocycles. The molecule has 0 bridgehead atoms. The summed E-state index contributed by atoms with van der Waals surface area (Å²) in [5.74, 6) is 0.318. The lowest BCUT2D eigenvalue weighted by atomic mass is 10.2. The number of aryl methyl sites for hydroxylation is 1. The van der Waals surface area contributed by atoms with Crippen LogP contribution in [0.3, 0.4) is 0 Å². The number of halogens is 2. The standard InChI is InChI=1S/C14H17F2N3O2/c1-19-9-18-8-11(19)7-17-6-10-3-4-12(20-2)13(5-10)21-14(15)16/h3-5,8-9,14,17H,6-7H2,1-2H3. The Kier molecular flexibility index (Phi) is 5.10. The lowest BCUT2D eigenvalue weighted by Crippen LogP contribution is -2.15. The second-order valence-electron chi connectivity index (χ2n) is 4.46. The van der Waals surface area contributed by atoms with Crippen LogP contribution in [0.25, 0.3) is 0 Å². The maximum atomic E-state index is 12.3. The first-order chi connectivity index (χ1) is 10.1. The molecule has 0 spiro atoms. The van der Waals surface area contributed by atoms with Crippen LogP contribution in [0.2, 0.25) is 0 Å². The molecule has 0 aliphatic rings. The third kappa shape index (κ3) is 4.16. The highest BCUT2D eigenvalue weighted by molar-refractivity contribution is 5.43. The summed E-state index contributed by atoms with van der Waals surface area (Å²) in [7, 11) is 3.32. The molecule has 0 aliphatic heterocycles. The van der Waals surface area contributed by atoms with Gasteiger partial charge in [-0.05, 0) is 17.7 Å². The highest BCUT2D eigenvalue weighted by atomic mass is 19.3. The van der Waals surface area contributed by atoms with Crippen LogP contribution in [0, 0.1) is 0 Å². The van der Waals surface area contributed by atoms with Crippen LogP contribution in [0.15, 0.2) is 30.7 Å². The Bertz CT molecular complexity index is 587. The van der Waals surface area contributed by atoms with Crippen molar-refractivity contribution in [3.05, 3.63) is 42.0 Å². The van der Waals surface area contributed by atoms with Gasteiger partial charge in [0.1, 0.15) is 0 Å². The number of hydrogen-bond donors (Lipinski definition) is 1. The molecule has 0 radical (unpaired) electrons. The quantitative estimate of drug-likeness (QED) is 0.852. The number of nitrogens with zero attached hydrogens (tertiary/aromatic N) is 2. The minimum absolute atomic E-state index is 0.0346. The summed E-state index contributed by atoms with van der Waals surface area (Å²) in [5.41, 5.74) is 1.86. The topological polar surface area (TPSA) is 48.3 Å². The summed E-state index contributed by atoms with van der Waals surface area (Å²) in [4.78, 5) is 4.02. The molecule has 21 heavy (non-hydrogen) atoms. The van der Waals surface area contributed by atoms with Gasteiger partial charge in [0.05, 0.1) is 19.1 Å². The van der Waals surface area contributed by atoms with Gasteiger partial charge in [0.2, 0.25) is 0 Å². The van der Waals surface area contributed by atoms with Crippen molar-refractivity contribution in [2.45, 2.75) is 19.7 Å². The summed E-state index contributed by atoms with van der Waals surface area (Å²) in [6.07, 6.45) is 3.49. The maximum Gasteiger partial charge on any atom is 0.387 e. The van der Waals surface area contributed by atoms with Gasteiger partial charge in [0.15, 0.2) is 11.5 Å². The fraction of sp³-hybridized carbons (Fsp3) is 0.357. The summed E-state index contributed by atoms with van der Waals surface area (Å²) in [6.45, 7) is -1.72. The SMILES string of the molecule is COc1ccc(CNCc2cncn2C)cc1OC(F)F. The number of imidazole rings is 1. The normalized spacial score (nSPS) is 10.9. The van der Waals surface area contributed by atoms with Crippen molar-refractivity contribution in [1.82, 2.24) is 14.9 Å². The van der Waals surface area contributed by atoms with Crippen LogP contribution in [-0.4, -0.2) is 23.3 Å². The molecule has 2 aromatic rings. The van der Waals surface area contributed by atoms with Crippen molar-refractivity contribution >= 4 is 0 Å². The minimum atomic E-state index is -2.88. The second-order valence-corrected chi connectivity index (χ2v) is 4.46. The minimum Gasteiger partial charge on any atom is -0.493 e. The van der Waals surface area contributed by atoms with E-state index in [0.29, 0.717) is 13.1 Å². The summed E-state index contributed by atoms with van der Waals surface area (Å²) in [6, 6.07) is 4.95. The fourth-order valence-corrected chi connectivity index (χ4v) is 1.91. The van der Waals surface area contributed by atoms with E-state index in [4.69, 9.17) is 4.74 Å². The Morgan fingerprint density at radius 1 is 1.29 bits per heavy atom. The highest BCUT2D eigenvalue weighted by Gasteiger charge is 2.11. The third-order valence-corrected chi connectivity index (χ3v) is 3.00. The Labute approximate surface area is 121 Å². The van der Waals surface area contributed by atoms with E-state index < -0.39 is 6.61 Å². The smallest absolute Gasteiger partial charge is 0.387 e. The van der Waals surface area contributed by atoms with Crippen molar-refractivity contribution in [2.24, 2.45) is 7.05 Å². The average Bonchev–Trinajstić information content (AvgIpc) is 2.84. The van der Waals surface area contributed by atoms with E-state index in [2.05, 4.69) is 15.0 Å². The maximum absolute atomic E-state index is 12.3. The number of nitrogens with one attached hydrogen (secondary N) is 1. The van der Waals surface area contributed by atoms with Gasteiger partial charge in [-0.1, -0.05) is 6.07 Å². The number of ether oxygens (including phenoxy) is 2. The molecule has 1 N–H and O–H groups in total. The number of benzene rings is 1. The van der Waals surface area contributed by atoms with Crippen LogP contribution < -0.4 is 14.8 Å². The van der Waals surface area contributed by atoms with Crippen molar-refractivity contribution in [3.8, 4) is 11.5 Å². The van der Waals surface area contributed by atoms with Gasteiger partial charge >= 0.3 is 6.61 Å². The first kappa shape index (κ1) is 15.2. The lowest BCUT2D eigenvalue weighted by Gasteiger charge is -2.12.